The fourth-order valence-electron chi connectivity index (χ4n) is 4.05. The summed E-state index contributed by atoms with van der Waals surface area (Å²) in [5, 5.41) is 0. The molecule has 0 spiro atoms. The minimum Gasteiger partial charge on any atom is -0.223 e. The summed E-state index contributed by atoms with van der Waals surface area (Å²) < 4.78 is 24.9. The van der Waals surface area contributed by atoms with Crippen molar-refractivity contribution in [2.45, 2.75) is 37.3 Å². The van der Waals surface area contributed by atoms with E-state index >= 15 is 0 Å². The van der Waals surface area contributed by atoms with Gasteiger partial charge in [0.05, 0.1) is 9.64 Å². The molecule has 2 fully saturated rings. The molecule has 2 atom stereocenters. The number of aryl methyl sites for hydroxylation is 1. The first kappa shape index (κ1) is 11.3. The van der Waals surface area contributed by atoms with Gasteiger partial charge in [0.15, 0.2) is 9.84 Å². The van der Waals surface area contributed by atoms with Gasteiger partial charge in [0.25, 0.3) is 0 Å². The highest BCUT2D eigenvalue weighted by Gasteiger charge is 2.97. The van der Waals surface area contributed by atoms with Crippen LogP contribution < -0.4 is 0 Å². The van der Waals surface area contributed by atoms with E-state index in [2.05, 4.69) is 20.8 Å². The van der Waals surface area contributed by atoms with Crippen molar-refractivity contribution in [1.29, 1.82) is 0 Å². The highest BCUT2D eigenvalue weighted by Crippen LogP contribution is 2.90. The maximum atomic E-state index is 12.7. The molecular weight excluding hydrogens is 232 g/mol. The third-order valence-corrected chi connectivity index (χ3v) is 8.47. The Labute approximate surface area is 103 Å². The Morgan fingerprint density at radius 2 is 1.53 bits per heavy atom. The maximum Gasteiger partial charge on any atom is 0.185 e. The molecule has 3 heteroatoms. The minimum atomic E-state index is -3.16. The van der Waals surface area contributed by atoms with Crippen LogP contribution in [0.15, 0.2) is 29.2 Å². The lowest BCUT2D eigenvalue weighted by Gasteiger charge is -2.15. The molecule has 2 saturated carbocycles. The van der Waals surface area contributed by atoms with E-state index in [1.165, 1.54) is 0 Å². The molecule has 0 radical (unpaired) electrons. The van der Waals surface area contributed by atoms with E-state index in [1.807, 2.05) is 19.1 Å². The molecule has 0 N–H and O–H groups in total. The molecule has 17 heavy (non-hydrogen) atoms. The first-order valence-electron chi connectivity index (χ1n) is 6.12. The predicted octanol–water partition coefficient (Wildman–Crippen LogP) is 2.81. The second-order valence-corrected chi connectivity index (χ2v) is 7.99. The Morgan fingerprint density at radius 3 is 1.88 bits per heavy atom. The molecule has 2 nitrogen and oxygen atoms in total. The molecule has 0 aliphatic heterocycles. The molecule has 2 aliphatic carbocycles. The van der Waals surface area contributed by atoms with Gasteiger partial charge in [0.2, 0.25) is 0 Å². The summed E-state index contributed by atoms with van der Waals surface area (Å²) in [4.78, 5) is 0.489. The molecular formula is C14H18O2S. The van der Waals surface area contributed by atoms with Crippen LogP contribution in [0.2, 0.25) is 0 Å². The summed E-state index contributed by atoms with van der Waals surface area (Å²) in [6.07, 6.45) is 0. The topological polar surface area (TPSA) is 34.1 Å². The van der Waals surface area contributed by atoms with Gasteiger partial charge in [-0.2, -0.15) is 0 Å². The molecule has 2 aliphatic rings. The largest absolute Gasteiger partial charge is 0.223 e. The van der Waals surface area contributed by atoms with Gasteiger partial charge in [-0.05, 0) is 36.3 Å². The van der Waals surface area contributed by atoms with Crippen molar-refractivity contribution in [2.75, 3.05) is 0 Å². The second-order valence-electron chi connectivity index (χ2n) is 5.84. The average molecular weight is 250 g/mol. The van der Waals surface area contributed by atoms with Crippen molar-refractivity contribution in [3.63, 3.8) is 0 Å². The zero-order valence-corrected chi connectivity index (χ0v) is 11.5. The summed E-state index contributed by atoms with van der Waals surface area (Å²) in [5.74, 6) is 0.604. The van der Waals surface area contributed by atoms with Crippen molar-refractivity contribution in [2.24, 2.45) is 17.3 Å². The van der Waals surface area contributed by atoms with Crippen LogP contribution in [-0.4, -0.2) is 13.2 Å². The third-order valence-electron chi connectivity index (χ3n) is 5.54. The molecule has 0 heterocycles. The van der Waals surface area contributed by atoms with E-state index in [-0.39, 0.29) is 5.41 Å². The third kappa shape index (κ3) is 0.931. The Kier molecular flexibility index (Phi) is 1.84. The van der Waals surface area contributed by atoms with E-state index in [0.717, 1.165) is 5.56 Å². The van der Waals surface area contributed by atoms with Gasteiger partial charge in [0, 0.05) is 0 Å². The summed E-state index contributed by atoms with van der Waals surface area (Å²) >= 11 is 0. The molecule has 92 valence electrons. The standard InChI is InChI=1S/C14H18O2S/c1-9-5-7-12(8-6-9)17(15,16)14-10(2)13(14,4)11(14)3/h5-8,10-11H,1-4H3/t10-,11-,13?,14?/m1/s1. The summed E-state index contributed by atoms with van der Waals surface area (Å²) in [6.45, 7) is 8.20. The van der Waals surface area contributed by atoms with E-state index in [4.69, 9.17) is 0 Å². The number of hydrogen-bond acceptors (Lipinski definition) is 2. The van der Waals surface area contributed by atoms with E-state index in [0.29, 0.717) is 16.7 Å². The number of rotatable bonds is 2. The fourth-order valence-corrected chi connectivity index (χ4v) is 7.17. The first-order chi connectivity index (χ1) is 7.81. The van der Waals surface area contributed by atoms with Gasteiger partial charge in [-0.1, -0.05) is 38.5 Å². The van der Waals surface area contributed by atoms with E-state index < -0.39 is 14.6 Å². The number of benzene rings is 1. The van der Waals surface area contributed by atoms with Crippen LogP contribution in [0.1, 0.15) is 26.3 Å². The van der Waals surface area contributed by atoms with Crippen molar-refractivity contribution < 1.29 is 8.42 Å². The zero-order valence-electron chi connectivity index (χ0n) is 10.7. The predicted molar refractivity (Wildman–Crippen MR) is 67.5 cm³/mol. The Morgan fingerprint density at radius 1 is 1.06 bits per heavy atom. The number of hydrogen-bond donors (Lipinski definition) is 0. The first-order valence-corrected chi connectivity index (χ1v) is 7.61. The Balaban J connectivity index is 2.08. The minimum absolute atomic E-state index is 0.0245. The number of sulfone groups is 1. The van der Waals surface area contributed by atoms with Crippen LogP contribution in [0.25, 0.3) is 0 Å². The van der Waals surface area contributed by atoms with Crippen LogP contribution in [-0.2, 0) is 9.84 Å². The monoisotopic (exact) mass is 250 g/mol. The second kappa shape index (κ2) is 2.77. The number of fused-ring (bicyclic) bond motifs is 1. The van der Waals surface area contributed by atoms with Crippen LogP contribution in [0.3, 0.4) is 0 Å². The van der Waals surface area contributed by atoms with Crippen molar-refractivity contribution >= 4 is 9.84 Å². The van der Waals surface area contributed by atoms with E-state index in [9.17, 15) is 8.42 Å². The summed E-state index contributed by atoms with van der Waals surface area (Å²) in [7, 11) is -3.16. The lowest BCUT2D eigenvalue weighted by molar-refractivity contribution is 0.447. The molecule has 0 bridgehead atoms. The molecule has 1 aromatic rings. The smallest absolute Gasteiger partial charge is 0.185 e. The lowest BCUT2D eigenvalue weighted by atomic mass is 10.0. The molecule has 0 unspecified atom stereocenters. The van der Waals surface area contributed by atoms with Crippen LogP contribution in [0, 0.1) is 24.2 Å². The van der Waals surface area contributed by atoms with Gasteiger partial charge in [-0.3, -0.25) is 0 Å². The molecule has 0 saturated heterocycles. The van der Waals surface area contributed by atoms with E-state index in [1.54, 1.807) is 12.1 Å². The van der Waals surface area contributed by atoms with Crippen molar-refractivity contribution in [3.05, 3.63) is 29.8 Å². The normalized spacial score (nSPS) is 43.1. The highest BCUT2D eigenvalue weighted by atomic mass is 32.2. The fraction of sp³-hybridized carbons (Fsp3) is 0.571. The van der Waals surface area contributed by atoms with Gasteiger partial charge in [-0.25, -0.2) is 8.42 Å². The quantitative estimate of drug-likeness (QED) is 0.809. The summed E-state index contributed by atoms with van der Waals surface area (Å²) in [5.41, 5.74) is 1.12. The van der Waals surface area contributed by atoms with Crippen LogP contribution in [0.5, 0.6) is 0 Å². The Bertz CT molecular complexity index is 573. The maximum absolute atomic E-state index is 12.7. The van der Waals surface area contributed by atoms with Crippen LogP contribution in [0.4, 0.5) is 0 Å². The molecule has 0 amide bonds. The lowest BCUT2D eigenvalue weighted by Crippen LogP contribution is -2.22. The van der Waals surface area contributed by atoms with Gasteiger partial charge in [0.1, 0.15) is 0 Å². The van der Waals surface area contributed by atoms with Crippen molar-refractivity contribution in [3.8, 4) is 0 Å². The molecule has 1 aromatic carbocycles. The van der Waals surface area contributed by atoms with Crippen LogP contribution >= 0.6 is 0 Å². The van der Waals surface area contributed by atoms with Gasteiger partial charge < -0.3 is 0 Å². The zero-order chi connectivity index (χ0) is 12.6. The summed E-state index contributed by atoms with van der Waals surface area (Å²) in [6, 6.07) is 7.24. The highest BCUT2D eigenvalue weighted by molar-refractivity contribution is 7.93. The van der Waals surface area contributed by atoms with Gasteiger partial charge in [-0.15, -0.1) is 0 Å². The SMILES string of the molecule is Cc1ccc(S(=O)(=O)C23[C@H](C)C2(C)[C@H]3C)cc1. The molecule has 0 aromatic heterocycles. The average Bonchev–Trinajstić information content (AvgIpc) is 3.01. The molecule has 3 rings (SSSR count). The Hall–Kier alpha value is -0.830. The van der Waals surface area contributed by atoms with Gasteiger partial charge >= 0.3 is 0 Å². The van der Waals surface area contributed by atoms with Crippen molar-refractivity contribution in [1.82, 2.24) is 0 Å².